The highest BCUT2D eigenvalue weighted by molar-refractivity contribution is 7.21. The molecule has 0 aliphatic carbocycles. The number of alkyl halides is 3. The van der Waals surface area contributed by atoms with E-state index in [1.165, 1.54) is 23.7 Å². The molecule has 7 nitrogen and oxygen atoms in total. The smallest absolute Gasteiger partial charge is 0.399 e. The van der Waals surface area contributed by atoms with E-state index < -0.39 is 23.9 Å². The highest BCUT2D eigenvalue weighted by Crippen LogP contribution is 2.37. The second-order valence-corrected chi connectivity index (χ2v) is 8.34. The predicted molar refractivity (Wildman–Crippen MR) is 117 cm³/mol. The summed E-state index contributed by atoms with van der Waals surface area (Å²) >= 11 is 1.18. The second-order valence-electron chi connectivity index (χ2n) is 7.33. The maximum absolute atomic E-state index is 13.1. The van der Waals surface area contributed by atoms with Crippen LogP contribution in [0.3, 0.4) is 0 Å². The fourth-order valence-corrected chi connectivity index (χ4v) is 4.23. The quantitative estimate of drug-likeness (QED) is 0.407. The lowest BCUT2D eigenvalue weighted by molar-refractivity contribution is -0.137. The molecule has 1 aliphatic rings. The van der Waals surface area contributed by atoms with Gasteiger partial charge in [-0.1, -0.05) is 23.5 Å². The van der Waals surface area contributed by atoms with Crippen LogP contribution in [-0.2, 0) is 6.18 Å². The van der Waals surface area contributed by atoms with Crippen molar-refractivity contribution in [2.45, 2.75) is 25.6 Å². The molecule has 3 aromatic rings. The molecule has 168 valence electrons. The van der Waals surface area contributed by atoms with Crippen molar-refractivity contribution in [3.8, 4) is 5.06 Å². The molecular weight excluding hydrogens is 443 g/mol. The van der Waals surface area contributed by atoms with Gasteiger partial charge in [0.25, 0.3) is 0 Å². The number of hydrogen-bond acceptors (Lipinski definition) is 7. The van der Waals surface area contributed by atoms with E-state index in [0.717, 1.165) is 18.6 Å². The summed E-state index contributed by atoms with van der Waals surface area (Å²) in [7, 11) is 0. The van der Waals surface area contributed by atoms with Crippen LogP contribution in [0.25, 0.3) is 10.2 Å². The number of fused-ring (bicyclic) bond motifs is 1. The fourth-order valence-electron chi connectivity index (χ4n) is 3.32. The number of aromatic nitrogens is 2. The Hall–Kier alpha value is -3.34. The lowest BCUT2D eigenvalue weighted by atomic mass is 10.0. The van der Waals surface area contributed by atoms with Crippen molar-refractivity contribution in [3.63, 3.8) is 0 Å². The minimum absolute atomic E-state index is 0.0224. The third-order valence-electron chi connectivity index (χ3n) is 4.95. The van der Waals surface area contributed by atoms with E-state index in [-0.39, 0.29) is 5.69 Å². The summed E-state index contributed by atoms with van der Waals surface area (Å²) in [5.74, 6) is 0.423. The molecule has 1 amide bonds. The summed E-state index contributed by atoms with van der Waals surface area (Å²) in [6, 6.07) is 4.56. The second kappa shape index (κ2) is 8.65. The van der Waals surface area contributed by atoms with E-state index in [9.17, 15) is 18.0 Å². The molecule has 3 N–H and O–H groups in total. The molecule has 11 heteroatoms. The minimum atomic E-state index is -4.50. The molecule has 0 saturated heterocycles. The molecule has 3 heterocycles. The van der Waals surface area contributed by atoms with Gasteiger partial charge in [-0.05, 0) is 37.1 Å². The molecule has 0 radical (unpaired) electrons. The Morgan fingerprint density at radius 2 is 2.06 bits per heavy atom. The summed E-state index contributed by atoms with van der Waals surface area (Å²) in [6.45, 7) is 2.79. The third-order valence-corrected chi connectivity index (χ3v) is 5.96. The van der Waals surface area contributed by atoms with Crippen molar-refractivity contribution >= 4 is 39.2 Å². The van der Waals surface area contributed by atoms with E-state index in [1.54, 1.807) is 17.9 Å². The van der Waals surface area contributed by atoms with Gasteiger partial charge in [-0.25, -0.2) is 14.8 Å². The van der Waals surface area contributed by atoms with Crippen LogP contribution >= 0.6 is 11.3 Å². The Bertz CT molecular complexity index is 1180. The maximum atomic E-state index is 13.1. The number of halogens is 3. The Kier molecular flexibility index (Phi) is 5.92. The van der Waals surface area contributed by atoms with Gasteiger partial charge in [0.05, 0.1) is 21.8 Å². The number of hydrogen-bond donors (Lipinski definition) is 2. The lowest BCUT2D eigenvalue weighted by Crippen LogP contribution is -2.35. The van der Waals surface area contributed by atoms with Crippen molar-refractivity contribution in [2.75, 3.05) is 24.1 Å². The fraction of sp³-hybridized carbons (Fsp3) is 0.286. The zero-order valence-electron chi connectivity index (χ0n) is 17.0. The van der Waals surface area contributed by atoms with Crippen LogP contribution in [0.4, 0.5) is 29.5 Å². The van der Waals surface area contributed by atoms with E-state index >= 15 is 0 Å². The first kappa shape index (κ1) is 21.9. The molecule has 0 unspecified atom stereocenters. The lowest BCUT2D eigenvalue weighted by Gasteiger charge is -2.21. The number of carbonyl (C=O) groups excluding carboxylic acids is 1. The summed E-state index contributed by atoms with van der Waals surface area (Å²) < 4.78 is 45.5. The standard InChI is InChI=1S/C21H20F3N5O2S/c1-12(13-7-14(21(22,23)24)9-15(25)8-13)28-19-18-16(26-11-27-19)10-17(32-18)31-20(30)29-5-3-2-4-6-29/h2-3,7-12H,4-6,25H2,1H3,(H,26,27,28)/t12-/m1/s1. The van der Waals surface area contributed by atoms with Crippen molar-refractivity contribution in [2.24, 2.45) is 0 Å². The number of nitrogens with two attached hydrogens (primary N) is 1. The number of amides is 1. The van der Waals surface area contributed by atoms with Crippen LogP contribution < -0.4 is 15.8 Å². The van der Waals surface area contributed by atoms with Crippen LogP contribution in [0, 0.1) is 0 Å². The summed E-state index contributed by atoms with van der Waals surface area (Å²) in [5.41, 5.74) is 5.82. The highest BCUT2D eigenvalue weighted by atomic mass is 32.1. The molecule has 0 fully saturated rings. The van der Waals surface area contributed by atoms with Gasteiger partial charge in [0.1, 0.15) is 12.1 Å². The first-order valence-electron chi connectivity index (χ1n) is 9.81. The van der Waals surface area contributed by atoms with E-state index in [4.69, 9.17) is 10.5 Å². The Labute approximate surface area is 185 Å². The number of thiophene rings is 1. The number of benzene rings is 1. The normalized spacial score (nSPS) is 15.1. The van der Waals surface area contributed by atoms with Gasteiger partial charge in [-0.15, -0.1) is 0 Å². The van der Waals surface area contributed by atoms with Gasteiger partial charge in [0, 0.05) is 24.8 Å². The molecule has 4 rings (SSSR count). The molecule has 2 aromatic heterocycles. The first-order valence-corrected chi connectivity index (χ1v) is 10.6. The average molecular weight is 463 g/mol. The zero-order valence-corrected chi connectivity index (χ0v) is 17.8. The monoisotopic (exact) mass is 463 g/mol. The number of nitrogens with zero attached hydrogens (tertiary/aromatic N) is 3. The Morgan fingerprint density at radius 1 is 1.25 bits per heavy atom. The Morgan fingerprint density at radius 3 is 2.78 bits per heavy atom. The number of nitrogens with one attached hydrogen (secondary N) is 1. The van der Waals surface area contributed by atoms with Gasteiger partial charge in [0.2, 0.25) is 0 Å². The molecule has 0 bridgehead atoms. The van der Waals surface area contributed by atoms with Crippen LogP contribution in [-0.4, -0.2) is 34.1 Å². The van der Waals surface area contributed by atoms with Crippen molar-refractivity contribution in [1.82, 2.24) is 14.9 Å². The van der Waals surface area contributed by atoms with Crippen molar-refractivity contribution in [3.05, 3.63) is 53.9 Å². The van der Waals surface area contributed by atoms with Crippen LogP contribution in [0.15, 0.2) is 42.7 Å². The average Bonchev–Trinajstić information content (AvgIpc) is 3.16. The zero-order chi connectivity index (χ0) is 22.9. The van der Waals surface area contributed by atoms with Gasteiger partial charge in [-0.3, -0.25) is 0 Å². The summed E-state index contributed by atoms with van der Waals surface area (Å²) in [4.78, 5) is 22.4. The molecule has 0 spiro atoms. The number of nitrogen functional groups attached to an aromatic ring is 1. The first-order chi connectivity index (χ1) is 15.2. The Balaban J connectivity index is 1.55. The maximum Gasteiger partial charge on any atom is 0.416 e. The molecule has 0 saturated carbocycles. The van der Waals surface area contributed by atoms with Crippen LogP contribution in [0.5, 0.6) is 5.06 Å². The predicted octanol–water partition coefficient (Wildman–Crippen LogP) is 5.23. The third kappa shape index (κ3) is 4.77. The molecule has 1 aromatic carbocycles. The molecular formula is C21H20F3N5O2S. The van der Waals surface area contributed by atoms with Crippen molar-refractivity contribution in [1.29, 1.82) is 0 Å². The topological polar surface area (TPSA) is 93.4 Å². The summed E-state index contributed by atoms with van der Waals surface area (Å²) in [5, 5.41) is 3.47. The highest BCUT2D eigenvalue weighted by Gasteiger charge is 2.31. The van der Waals surface area contributed by atoms with Gasteiger partial charge in [-0.2, -0.15) is 13.2 Å². The number of carbonyl (C=O) groups is 1. The van der Waals surface area contributed by atoms with Gasteiger partial charge >= 0.3 is 12.3 Å². The number of rotatable bonds is 4. The molecule has 1 aliphatic heterocycles. The van der Waals surface area contributed by atoms with Gasteiger partial charge < -0.3 is 20.7 Å². The van der Waals surface area contributed by atoms with E-state index in [0.29, 0.717) is 39.8 Å². The summed E-state index contributed by atoms with van der Waals surface area (Å²) in [6.07, 6.45) is 1.09. The van der Waals surface area contributed by atoms with Crippen molar-refractivity contribution < 1.29 is 22.7 Å². The number of anilines is 2. The van der Waals surface area contributed by atoms with E-state index in [1.807, 2.05) is 12.2 Å². The largest absolute Gasteiger partial charge is 0.416 e. The molecule has 1 atom stereocenters. The SMILES string of the molecule is C[C@@H](Nc1ncnc2cc(OC(=O)N3CC=CCC3)sc12)c1cc(N)cc(C(F)(F)F)c1. The number of ether oxygens (including phenoxy) is 1. The van der Waals surface area contributed by atoms with Gasteiger partial charge in [0.15, 0.2) is 5.06 Å². The van der Waals surface area contributed by atoms with Crippen LogP contribution in [0.1, 0.15) is 30.5 Å². The van der Waals surface area contributed by atoms with Crippen LogP contribution in [0.2, 0.25) is 0 Å². The molecule has 32 heavy (non-hydrogen) atoms. The minimum Gasteiger partial charge on any atom is -0.399 e. The van der Waals surface area contributed by atoms with E-state index in [2.05, 4.69) is 15.3 Å².